The van der Waals surface area contributed by atoms with E-state index < -0.39 is 5.97 Å². The van der Waals surface area contributed by atoms with E-state index in [-0.39, 0.29) is 11.8 Å². The molecule has 2 rings (SSSR count). The van der Waals surface area contributed by atoms with Crippen molar-refractivity contribution in [2.24, 2.45) is 5.92 Å². The second-order valence-corrected chi connectivity index (χ2v) is 4.30. The van der Waals surface area contributed by atoms with Crippen molar-refractivity contribution in [2.75, 3.05) is 0 Å². The lowest BCUT2D eigenvalue weighted by atomic mass is 10.1. The highest BCUT2D eigenvalue weighted by molar-refractivity contribution is 6.35. The molecule has 74 valence electrons. The highest BCUT2D eigenvalue weighted by Crippen LogP contribution is 2.49. The lowest BCUT2D eigenvalue weighted by Gasteiger charge is -2.02. The van der Waals surface area contributed by atoms with Crippen molar-refractivity contribution in [3.8, 4) is 0 Å². The van der Waals surface area contributed by atoms with Crippen LogP contribution in [0, 0.1) is 5.92 Å². The van der Waals surface area contributed by atoms with E-state index in [0.29, 0.717) is 16.5 Å². The molecule has 4 heteroatoms. The third-order valence-corrected chi connectivity index (χ3v) is 3.03. The highest BCUT2D eigenvalue weighted by atomic mass is 35.5. The number of carboxylic acids is 1. The molecule has 1 aromatic carbocycles. The van der Waals surface area contributed by atoms with Crippen molar-refractivity contribution in [3.63, 3.8) is 0 Å². The summed E-state index contributed by atoms with van der Waals surface area (Å²) in [6, 6.07) is 5.19. The smallest absolute Gasteiger partial charge is 0.307 e. The van der Waals surface area contributed by atoms with E-state index in [0.717, 1.165) is 5.56 Å². The SMILES string of the molecule is O=C(O)[C@H]1C[C@@H]1c1ccc(Cl)cc1Cl. The van der Waals surface area contributed by atoms with Gasteiger partial charge in [0.25, 0.3) is 0 Å². The van der Waals surface area contributed by atoms with Crippen molar-refractivity contribution in [2.45, 2.75) is 12.3 Å². The number of rotatable bonds is 2. The molecule has 0 unspecified atom stereocenters. The largest absolute Gasteiger partial charge is 0.481 e. The van der Waals surface area contributed by atoms with Gasteiger partial charge in [0.1, 0.15) is 0 Å². The molecule has 0 spiro atoms. The quantitative estimate of drug-likeness (QED) is 0.848. The Kier molecular flexibility index (Phi) is 2.41. The van der Waals surface area contributed by atoms with Gasteiger partial charge in [-0.15, -0.1) is 0 Å². The van der Waals surface area contributed by atoms with Crippen LogP contribution in [-0.4, -0.2) is 11.1 Å². The zero-order valence-corrected chi connectivity index (χ0v) is 8.72. The molecule has 1 aliphatic rings. The van der Waals surface area contributed by atoms with Gasteiger partial charge in [0.15, 0.2) is 0 Å². The van der Waals surface area contributed by atoms with Crippen LogP contribution in [0.15, 0.2) is 18.2 Å². The van der Waals surface area contributed by atoms with Crippen LogP contribution in [0.4, 0.5) is 0 Å². The fourth-order valence-corrected chi connectivity index (χ4v) is 2.16. The maximum Gasteiger partial charge on any atom is 0.307 e. The Morgan fingerprint density at radius 1 is 1.43 bits per heavy atom. The van der Waals surface area contributed by atoms with Gasteiger partial charge in [0, 0.05) is 10.0 Å². The van der Waals surface area contributed by atoms with Crippen LogP contribution >= 0.6 is 23.2 Å². The fraction of sp³-hybridized carbons (Fsp3) is 0.300. The average molecular weight is 231 g/mol. The predicted molar refractivity (Wildman–Crippen MR) is 54.9 cm³/mol. The predicted octanol–water partition coefficient (Wildman–Crippen LogP) is 3.18. The van der Waals surface area contributed by atoms with Crippen molar-refractivity contribution in [1.82, 2.24) is 0 Å². The van der Waals surface area contributed by atoms with Gasteiger partial charge in [0.2, 0.25) is 0 Å². The molecule has 1 N–H and O–H groups in total. The van der Waals surface area contributed by atoms with E-state index in [4.69, 9.17) is 28.3 Å². The van der Waals surface area contributed by atoms with E-state index in [2.05, 4.69) is 0 Å². The Balaban J connectivity index is 2.23. The van der Waals surface area contributed by atoms with Gasteiger partial charge in [-0.2, -0.15) is 0 Å². The molecule has 0 heterocycles. The third kappa shape index (κ3) is 1.72. The minimum Gasteiger partial charge on any atom is -0.481 e. The molecule has 2 atom stereocenters. The normalized spacial score (nSPS) is 24.7. The molecule has 2 nitrogen and oxygen atoms in total. The Morgan fingerprint density at radius 2 is 2.14 bits per heavy atom. The van der Waals surface area contributed by atoms with E-state index in [1.165, 1.54) is 0 Å². The van der Waals surface area contributed by atoms with Crippen molar-refractivity contribution >= 4 is 29.2 Å². The average Bonchev–Trinajstić information content (AvgIpc) is 2.83. The van der Waals surface area contributed by atoms with Gasteiger partial charge in [-0.3, -0.25) is 4.79 Å². The van der Waals surface area contributed by atoms with Crippen LogP contribution in [0.2, 0.25) is 10.0 Å². The molecular formula is C10H8Cl2O2. The first kappa shape index (κ1) is 9.81. The molecule has 0 aliphatic heterocycles. The minimum absolute atomic E-state index is 0.0669. The lowest BCUT2D eigenvalue weighted by Crippen LogP contribution is -1.99. The standard InChI is InChI=1S/C10H8Cl2O2/c11-5-1-2-6(9(12)3-5)7-4-8(7)10(13)14/h1-3,7-8H,4H2,(H,13,14)/t7-,8+/m1/s1. The maximum absolute atomic E-state index is 10.7. The van der Waals surface area contributed by atoms with Crippen LogP contribution in [0.5, 0.6) is 0 Å². The Bertz CT molecular complexity index is 390. The molecule has 1 fully saturated rings. The number of carboxylic acid groups (broad SMARTS) is 1. The number of aliphatic carboxylic acids is 1. The number of benzene rings is 1. The molecule has 0 amide bonds. The maximum atomic E-state index is 10.7. The molecule has 0 bridgehead atoms. The molecule has 1 aliphatic carbocycles. The van der Waals surface area contributed by atoms with Crippen LogP contribution in [0.3, 0.4) is 0 Å². The molecule has 1 saturated carbocycles. The molecule has 14 heavy (non-hydrogen) atoms. The second-order valence-electron chi connectivity index (χ2n) is 3.45. The summed E-state index contributed by atoms with van der Waals surface area (Å²) in [4.78, 5) is 10.7. The summed E-state index contributed by atoms with van der Waals surface area (Å²) in [6.07, 6.45) is 0.677. The molecular weight excluding hydrogens is 223 g/mol. The monoisotopic (exact) mass is 230 g/mol. The van der Waals surface area contributed by atoms with Gasteiger partial charge in [0.05, 0.1) is 5.92 Å². The lowest BCUT2D eigenvalue weighted by molar-refractivity contribution is -0.138. The fourth-order valence-electron chi connectivity index (χ4n) is 1.61. The van der Waals surface area contributed by atoms with Gasteiger partial charge in [-0.05, 0) is 30.0 Å². The van der Waals surface area contributed by atoms with E-state index in [1.54, 1.807) is 18.2 Å². The summed E-state index contributed by atoms with van der Waals surface area (Å²) in [5, 5.41) is 9.90. The number of carbonyl (C=O) groups is 1. The third-order valence-electron chi connectivity index (χ3n) is 2.47. The first-order valence-electron chi connectivity index (χ1n) is 4.27. The summed E-state index contributed by atoms with van der Waals surface area (Å²) >= 11 is 11.7. The summed E-state index contributed by atoms with van der Waals surface area (Å²) < 4.78 is 0. The first-order valence-corrected chi connectivity index (χ1v) is 5.03. The van der Waals surface area contributed by atoms with Crippen LogP contribution in [0.25, 0.3) is 0 Å². The van der Waals surface area contributed by atoms with Crippen LogP contribution in [-0.2, 0) is 4.79 Å². The number of halogens is 2. The Morgan fingerprint density at radius 3 is 2.64 bits per heavy atom. The molecule has 0 radical (unpaired) electrons. The first-order chi connectivity index (χ1) is 6.59. The minimum atomic E-state index is -0.749. The summed E-state index contributed by atoms with van der Waals surface area (Å²) in [5.74, 6) is -0.952. The molecule has 0 aromatic heterocycles. The zero-order chi connectivity index (χ0) is 10.3. The second kappa shape index (κ2) is 3.44. The van der Waals surface area contributed by atoms with Gasteiger partial charge in [-0.25, -0.2) is 0 Å². The van der Waals surface area contributed by atoms with Gasteiger partial charge in [-0.1, -0.05) is 29.3 Å². The summed E-state index contributed by atoms with van der Waals surface area (Å²) in [7, 11) is 0. The number of hydrogen-bond donors (Lipinski definition) is 1. The van der Waals surface area contributed by atoms with Crippen LogP contribution in [0.1, 0.15) is 17.9 Å². The highest BCUT2D eigenvalue weighted by Gasteiger charge is 2.44. The van der Waals surface area contributed by atoms with E-state index in [9.17, 15) is 4.79 Å². The van der Waals surface area contributed by atoms with E-state index in [1.807, 2.05) is 0 Å². The van der Waals surface area contributed by atoms with Crippen molar-refractivity contribution < 1.29 is 9.90 Å². The summed E-state index contributed by atoms with van der Waals surface area (Å²) in [6.45, 7) is 0. The van der Waals surface area contributed by atoms with Crippen molar-refractivity contribution in [1.29, 1.82) is 0 Å². The van der Waals surface area contributed by atoms with Crippen molar-refractivity contribution in [3.05, 3.63) is 33.8 Å². The van der Waals surface area contributed by atoms with Gasteiger partial charge >= 0.3 is 5.97 Å². The molecule has 0 saturated heterocycles. The molecule has 1 aromatic rings. The summed E-state index contributed by atoms with van der Waals surface area (Å²) in [5.41, 5.74) is 0.892. The van der Waals surface area contributed by atoms with Gasteiger partial charge < -0.3 is 5.11 Å². The Hall–Kier alpha value is -0.730. The van der Waals surface area contributed by atoms with Crippen LogP contribution < -0.4 is 0 Å². The Labute approximate surface area is 91.4 Å². The zero-order valence-electron chi connectivity index (χ0n) is 7.21. The number of hydrogen-bond acceptors (Lipinski definition) is 1. The van der Waals surface area contributed by atoms with E-state index >= 15 is 0 Å². The topological polar surface area (TPSA) is 37.3 Å².